The van der Waals surface area contributed by atoms with Crippen molar-refractivity contribution in [3.05, 3.63) is 29.8 Å². The van der Waals surface area contributed by atoms with E-state index in [1.165, 1.54) is 12.0 Å². The first kappa shape index (κ1) is 17.8. The molecule has 2 rings (SSSR count). The van der Waals surface area contributed by atoms with E-state index in [2.05, 4.69) is 10.1 Å². The average Bonchev–Trinajstić information content (AvgIpc) is 2.55. The number of ether oxygens (including phenoxy) is 2. The van der Waals surface area contributed by atoms with E-state index < -0.39 is 18.1 Å². The third-order valence-corrected chi connectivity index (χ3v) is 3.85. The highest BCUT2D eigenvalue weighted by Crippen LogP contribution is 2.17. The highest BCUT2D eigenvalue weighted by atomic mass is 16.5. The molecule has 2 atom stereocenters. The molecule has 0 aliphatic carbocycles. The Hall–Kier alpha value is -2.57. The van der Waals surface area contributed by atoms with Crippen molar-refractivity contribution in [1.29, 1.82) is 0 Å². The number of hydrogen-bond acceptors (Lipinski definition) is 5. The first-order valence-electron chi connectivity index (χ1n) is 7.80. The zero-order chi connectivity index (χ0) is 17.7. The van der Waals surface area contributed by atoms with Gasteiger partial charge in [0.25, 0.3) is 5.91 Å². The minimum Gasteiger partial charge on any atom is -0.481 e. The number of carbonyl (C=O) groups is 3. The van der Waals surface area contributed by atoms with Gasteiger partial charge in [0.2, 0.25) is 5.91 Å². The number of piperazine rings is 1. The minimum atomic E-state index is -0.873. The summed E-state index contributed by atoms with van der Waals surface area (Å²) in [6.07, 6.45) is -0.941. The van der Waals surface area contributed by atoms with E-state index in [0.717, 1.165) is 5.56 Å². The van der Waals surface area contributed by atoms with Crippen LogP contribution in [0.2, 0.25) is 0 Å². The maximum absolute atomic E-state index is 12.7. The molecular formula is C17H22N2O5. The summed E-state index contributed by atoms with van der Waals surface area (Å²) in [5.41, 5.74) is 1.02. The predicted octanol–water partition coefficient (Wildman–Crippen LogP) is 0.652. The smallest absolute Gasteiger partial charge is 0.308 e. The van der Waals surface area contributed by atoms with Gasteiger partial charge in [0, 0.05) is 13.1 Å². The summed E-state index contributed by atoms with van der Waals surface area (Å²) < 4.78 is 10.3. The quantitative estimate of drug-likeness (QED) is 0.799. The largest absolute Gasteiger partial charge is 0.481 e. The molecule has 0 spiro atoms. The number of esters is 1. The van der Waals surface area contributed by atoms with Gasteiger partial charge in [-0.15, -0.1) is 0 Å². The maximum Gasteiger partial charge on any atom is 0.308 e. The molecule has 2 amide bonds. The van der Waals surface area contributed by atoms with Gasteiger partial charge in [-0.3, -0.25) is 14.4 Å². The van der Waals surface area contributed by atoms with Gasteiger partial charge in [0.1, 0.15) is 11.8 Å². The SMILES string of the molecule is COC(=O)C[C@@H]1C(=O)NCCN1C(=O)[C@@H](C)Oc1cccc(C)c1. The second kappa shape index (κ2) is 7.81. The Bertz CT molecular complexity index is 631. The lowest BCUT2D eigenvalue weighted by molar-refractivity contribution is -0.153. The Kier molecular flexibility index (Phi) is 5.78. The monoisotopic (exact) mass is 334 g/mol. The van der Waals surface area contributed by atoms with Crippen molar-refractivity contribution in [2.75, 3.05) is 20.2 Å². The number of benzene rings is 1. The van der Waals surface area contributed by atoms with Gasteiger partial charge < -0.3 is 19.7 Å². The first-order valence-corrected chi connectivity index (χ1v) is 7.80. The van der Waals surface area contributed by atoms with Crippen molar-refractivity contribution in [2.45, 2.75) is 32.4 Å². The van der Waals surface area contributed by atoms with E-state index >= 15 is 0 Å². The van der Waals surface area contributed by atoms with Gasteiger partial charge in [-0.1, -0.05) is 12.1 Å². The summed E-state index contributed by atoms with van der Waals surface area (Å²) in [4.78, 5) is 37.6. The topological polar surface area (TPSA) is 84.9 Å². The lowest BCUT2D eigenvalue weighted by atomic mass is 10.1. The summed E-state index contributed by atoms with van der Waals surface area (Å²) in [5.74, 6) is -0.646. The van der Waals surface area contributed by atoms with Gasteiger partial charge in [-0.2, -0.15) is 0 Å². The van der Waals surface area contributed by atoms with E-state index in [1.54, 1.807) is 13.0 Å². The van der Waals surface area contributed by atoms with Crippen molar-refractivity contribution < 1.29 is 23.9 Å². The molecule has 24 heavy (non-hydrogen) atoms. The molecule has 1 fully saturated rings. The van der Waals surface area contributed by atoms with E-state index in [4.69, 9.17) is 4.74 Å². The third kappa shape index (κ3) is 4.24. The zero-order valence-electron chi connectivity index (χ0n) is 14.1. The Morgan fingerprint density at radius 2 is 2.17 bits per heavy atom. The summed E-state index contributed by atoms with van der Waals surface area (Å²) in [5, 5.41) is 2.66. The molecule has 1 aliphatic rings. The molecule has 7 heteroatoms. The highest BCUT2D eigenvalue weighted by Gasteiger charge is 2.37. The van der Waals surface area contributed by atoms with Gasteiger partial charge in [0.05, 0.1) is 13.5 Å². The number of nitrogens with zero attached hydrogens (tertiary/aromatic N) is 1. The van der Waals surface area contributed by atoms with Gasteiger partial charge in [0.15, 0.2) is 6.10 Å². The minimum absolute atomic E-state index is 0.175. The molecule has 1 aliphatic heterocycles. The summed E-state index contributed by atoms with van der Waals surface area (Å²) in [7, 11) is 1.25. The number of aryl methyl sites for hydroxylation is 1. The van der Waals surface area contributed by atoms with Crippen LogP contribution < -0.4 is 10.1 Å². The first-order chi connectivity index (χ1) is 11.4. The Morgan fingerprint density at radius 3 is 2.83 bits per heavy atom. The number of amides is 2. The molecule has 0 aromatic heterocycles. The van der Waals surface area contributed by atoms with Crippen LogP contribution in [0.3, 0.4) is 0 Å². The summed E-state index contributed by atoms with van der Waals surface area (Å²) >= 11 is 0. The van der Waals surface area contributed by atoms with Gasteiger partial charge in [-0.25, -0.2) is 0 Å². The molecule has 0 unspecified atom stereocenters. The van der Waals surface area contributed by atoms with Crippen LogP contribution in [0.1, 0.15) is 18.9 Å². The molecule has 0 radical (unpaired) electrons. The Balaban J connectivity index is 2.09. The van der Waals surface area contributed by atoms with Crippen LogP contribution in [0, 0.1) is 6.92 Å². The fraction of sp³-hybridized carbons (Fsp3) is 0.471. The number of nitrogens with one attached hydrogen (secondary N) is 1. The Morgan fingerprint density at radius 1 is 1.42 bits per heavy atom. The summed E-state index contributed by atoms with van der Waals surface area (Å²) in [6, 6.07) is 6.50. The van der Waals surface area contributed by atoms with Gasteiger partial charge >= 0.3 is 5.97 Å². The molecule has 1 aromatic carbocycles. The van der Waals surface area contributed by atoms with E-state index in [9.17, 15) is 14.4 Å². The van der Waals surface area contributed by atoms with Crippen molar-refractivity contribution in [3.8, 4) is 5.75 Å². The second-order valence-corrected chi connectivity index (χ2v) is 5.70. The molecule has 1 aromatic rings. The van der Waals surface area contributed by atoms with Crippen LogP contribution in [0.25, 0.3) is 0 Å². The maximum atomic E-state index is 12.7. The second-order valence-electron chi connectivity index (χ2n) is 5.70. The number of hydrogen-bond donors (Lipinski definition) is 1. The van der Waals surface area contributed by atoms with Crippen molar-refractivity contribution in [1.82, 2.24) is 10.2 Å². The number of carbonyl (C=O) groups excluding carboxylic acids is 3. The number of methoxy groups -OCH3 is 1. The van der Waals surface area contributed by atoms with E-state index in [0.29, 0.717) is 18.8 Å². The molecular weight excluding hydrogens is 312 g/mol. The molecule has 1 N–H and O–H groups in total. The summed E-state index contributed by atoms with van der Waals surface area (Å²) in [6.45, 7) is 4.24. The Labute approximate surface area is 140 Å². The number of rotatable bonds is 5. The highest BCUT2D eigenvalue weighted by molar-refractivity contribution is 5.93. The average molecular weight is 334 g/mol. The van der Waals surface area contributed by atoms with Gasteiger partial charge in [-0.05, 0) is 31.5 Å². The van der Waals surface area contributed by atoms with Crippen LogP contribution >= 0.6 is 0 Å². The van der Waals surface area contributed by atoms with E-state index in [1.807, 2.05) is 25.1 Å². The lowest BCUT2D eigenvalue weighted by Gasteiger charge is -2.35. The molecule has 130 valence electrons. The normalized spacial score (nSPS) is 18.5. The fourth-order valence-corrected chi connectivity index (χ4v) is 2.60. The van der Waals surface area contributed by atoms with Crippen LogP contribution in [0.15, 0.2) is 24.3 Å². The predicted molar refractivity (Wildman–Crippen MR) is 86.4 cm³/mol. The van der Waals surface area contributed by atoms with Crippen molar-refractivity contribution in [2.24, 2.45) is 0 Å². The third-order valence-electron chi connectivity index (χ3n) is 3.85. The molecule has 7 nitrogen and oxygen atoms in total. The van der Waals surface area contributed by atoms with Crippen molar-refractivity contribution >= 4 is 17.8 Å². The van der Waals surface area contributed by atoms with Crippen LogP contribution in [-0.2, 0) is 19.1 Å². The zero-order valence-corrected chi connectivity index (χ0v) is 14.1. The standard InChI is InChI=1S/C17H22N2O5/c1-11-5-4-6-13(9-11)24-12(2)17(22)19-8-7-18-16(21)14(19)10-15(20)23-3/h4-6,9,12,14H,7-8,10H2,1-3H3,(H,18,21)/t12-,14-/m1/s1. The van der Waals surface area contributed by atoms with Crippen LogP contribution in [0.4, 0.5) is 0 Å². The van der Waals surface area contributed by atoms with Crippen molar-refractivity contribution in [3.63, 3.8) is 0 Å². The molecule has 1 saturated heterocycles. The van der Waals surface area contributed by atoms with Crippen LogP contribution in [-0.4, -0.2) is 55.0 Å². The fourth-order valence-electron chi connectivity index (χ4n) is 2.60. The lowest BCUT2D eigenvalue weighted by Crippen LogP contribution is -2.60. The van der Waals surface area contributed by atoms with Crippen LogP contribution in [0.5, 0.6) is 5.75 Å². The molecule has 1 heterocycles. The molecule has 0 bridgehead atoms. The molecule has 0 saturated carbocycles. The van der Waals surface area contributed by atoms with E-state index in [-0.39, 0.29) is 18.2 Å².